The van der Waals surface area contributed by atoms with Crippen molar-refractivity contribution in [1.29, 1.82) is 0 Å². The van der Waals surface area contributed by atoms with Crippen LogP contribution in [0.15, 0.2) is 18.3 Å². The lowest BCUT2D eigenvalue weighted by Crippen LogP contribution is -2.40. The smallest absolute Gasteiger partial charge is 0.227 e. The lowest BCUT2D eigenvalue weighted by atomic mass is 9.97. The van der Waals surface area contributed by atoms with Gasteiger partial charge in [0.15, 0.2) is 0 Å². The number of aryl methyl sites for hydroxylation is 1. The first kappa shape index (κ1) is 14.9. The van der Waals surface area contributed by atoms with Crippen LogP contribution in [-0.2, 0) is 14.8 Å². The number of carbonyl (C=O) groups excluding carboxylic acids is 1. The number of piperidine rings is 1. The number of rotatable bonds is 3. The molecular formula is C13H19N3O3S. The van der Waals surface area contributed by atoms with Crippen molar-refractivity contribution < 1.29 is 13.2 Å². The van der Waals surface area contributed by atoms with Gasteiger partial charge in [0.05, 0.1) is 6.26 Å². The van der Waals surface area contributed by atoms with E-state index in [9.17, 15) is 13.2 Å². The minimum absolute atomic E-state index is 0.0521. The average molecular weight is 297 g/mol. The van der Waals surface area contributed by atoms with Crippen LogP contribution in [0, 0.1) is 12.8 Å². The summed E-state index contributed by atoms with van der Waals surface area (Å²) in [4.78, 5) is 16.2. The quantitative estimate of drug-likeness (QED) is 0.902. The molecule has 1 saturated heterocycles. The summed E-state index contributed by atoms with van der Waals surface area (Å²) in [5, 5.41) is 2.86. The Morgan fingerprint density at radius 1 is 1.40 bits per heavy atom. The van der Waals surface area contributed by atoms with Gasteiger partial charge in [0.25, 0.3) is 0 Å². The molecule has 1 aromatic heterocycles. The maximum Gasteiger partial charge on any atom is 0.227 e. The number of hydrogen-bond donors (Lipinski definition) is 1. The predicted octanol–water partition coefficient (Wildman–Crippen LogP) is 1.00. The van der Waals surface area contributed by atoms with Gasteiger partial charge in [-0.1, -0.05) is 0 Å². The predicted molar refractivity (Wildman–Crippen MR) is 76.7 cm³/mol. The lowest BCUT2D eigenvalue weighted by molar-refractivity contribution is -0.120. The molecule has 0 radical (unpaired) electrons. The average Bonchev–Trinajstić information content (AvgIpc) is 2.38. The van der Waals surface area contributed by atoms with Gasteiger partial charge in [-0.3, -0.25) is 9.78 Å². The maximum atomic E-state index is 12.1. The normalized spacial score (nSPS) is 17.9. The minimum Gasteiger partial charge on any atom is -0.326 e. The Morgan fingerprint density at radius 2 is 2.05 bits per heavy atom. The van der Waals surface area contributed by atoms with Gasteiger partial charge in [-0.15, -0.1) is 0 Å². The Kier molecular flexibility index (Phi) is 4.39. The fourth-order valence-electron chi connectivity index (χ4n) is 2.32. The van der Waals surface area contributed by atoms with E-state index in [0.29, 0.717) is 25.9 Å². The fraction of sp³-hybridized carbons (Fsp3) is 0.538. The molecule has 0 unspecified atom stereocenters. The molecule has 0 atom stereocenters. The van der Waals surface area contributed by atoms with Gasteiger partial charge >= 0.3 is 0 Å². The third-order valence-electron chi connectivity index (χ3n) is 3.46. The Hall–Kier alpha value is -1.47. The SMILES string of the molecule is Cc1cc(NC(=O)C2CCN(S(C)(=O)=O)CC2)ccn1. The van der Waals surface area contributed by atoms with E-state index < -0.39 is 10.0 Å². The van der Waals surface area contributed by atoms with E-state index in [0.717, 1.165) is 11.4 Å². The van der Waals surface area contributed by atoms with Gasteiger partial charge in [-0.05, 0) is 31.9 Å². The summed E-state index contributed by atoms with van der Waals surface area (Å²) in [5.41, 5.74) is 1.57. The standard InChI is InChI=1S/C13H19N3O3S/c1-10-9-12(3-6-14-10)15-13(17)11-4-7-16(8-5-11)20(2,18)19/h3,6,9,11H,4-5,7-8H2,1-2H3,(H,14,15,17). The number of nitrogens with one attached hydrogen (secondary N) is 1. The van der Waals surface area contributed by atoms with Crippen molar-refractivity contribution in [3.8, 4) is 0 Å². The third kappa shape index (κ3) is 3.77. The van der Waals surface area contributed by atoms with Crippen LogP contribution in [0.4, 0.5) is 5.69 Å². The van der Waals surface area contributed by atoms with Crippen molar-refractivity contribution in [3.63, 3.8) is 0 Å². The van der Waals surface area contributed by atoms with Crippen LogP contribution in [0.25, 0.3) is 0 Å². The van der Waals surface area contributed by atoms with Crippen LogP contribution in [0.2, 0.25) is 0 Å². The fourth-order valence-corrected chi connectivity index (χ4v) is 3.19. The Morgan fingerprint density at radius 3 is 2.60 bits per heavy atom. The largest absolute Gasteiger partial charge is 0.326 e. The van der Waals surface area contributed by atoms with Gasteiger partial charge in [-0.25, -0.2) is 12.7 Å². The number of nitrogens with zero attached hydrogens (tertiary/aromatic N) is 2. The summed E-state index contributed by atoms with van der Waals surface area (Å²) in [7, 11) is -3.15. The Bertz CT molecular complexity index is 593. The lowest BCUT2D eigenvalue weighted by Gasteiger charge is -2.29. The van der Waals surface area contributed by atoms with Crippen LogP contribution in [-0.4, -0.2) is 43.0 Å². The van der Waals surface area contributed by atoms with E-state index in [4.69, 9.17) is 0 Å². The zero-order valence-corrected chi connectivity index (χ0v) is 12.5. The molecule has 1 aromatic rings. The van der Waals surface area contributed by atoms with E-state index in [1.807, 2.05) is 13.0 Å². The number of aromatic nitrogens is 1. The second kappa shape index (κ2) is 5.88. The molecule has 0 spiro atoms. The van der Waals surface area contributed by atoms with Crippen molar-refractivity contribution >= 4 is 21.6 Å². The Labute approximate surface area is 119 Å². The summed E-state index contributed by atoms with van der Waals surface area (Å²) in [6, 6.07) is 3.56. The molecule has 0 saturated carbocycles. The second-order valence-electron chi connectivity index (χ2n) is 5.11. The highest BCUT2D eigenvalue weighted by Gasteiger charge is 2.28. The summed E-state index contributed by atoms with van der Waals surface area (Å²) in [5.74, 6) is -0.190. The molecular weight excluding hydrogens is 278 g/mol. The number of carbonyl (C=O) groups is 1. The van der Waals surface area contributed by atoms with Crippen molar-refractivity contribution in [1.82, 2.24) is 9.29 Å². The highest BCUT2D eigenvalue weighted by molar-refractivity contribution is 7.88. The van der Waals surface area contributed by atoms with Gasteiger partial charge in [-0.2, -0.15) is 0 Å². The van der Waals surface area contributed by atoms with Crippen molar-refractivity contribution in [2.24, 2.45) is 5.92 Å². The number of pyridine rings is 1. The monoisotopic (exact) mass is 297 g/mol. The van der Waals surface area contributed by atoms with Gasteiger partial charge in [0.1, 0.15) is 0 Å². The first-order valence-corrected chi connectivity index (χ1v) is 8.40. The first-order chi connectivity index (χ1) is 9.36. The zero-order chi connectivity index (χ0) is 14.8. The van der Waals surface area contributed by atoms with E-state index in [1.165, 1.54) is 10.6 Å². The van der Waals surface area contributed by atoms with E-state index in [2.05, 4.69) is 10.3 Å². The molecule has 0 aliphatic carbocycles. The van der Waals surface area contributed by atoms with Crippen LogP contribution in [0.3, 0.4) is 0 Å². The zero-order valence-electron chi connectivity index (χ0n) is 11.7. The number of amides is 1. The van der Waals surface area contributed by atoms with Crippen LogP contribution in [0.1, 0.15) is 18.5 Å². The molecule has 1 amide bonds. The summed E-state index contributed by atoms with van der Waals surface area (Å²) >= 11 is 0. The highest BCUT2D eigenvalue weighted by atomic mass is 32.2. The number of hydrogen-bond acceptors (Lipinski definition) is 4. The number of anilines is 1. The summed E-state index contributed by atoms with van der Waals surface area (Å²) in [6.07, 6.45) is 3.97. The van der Waals surface area contributed by atoms with E-state index in [1.54, 1.807) is 12.3 Å². The van der Waals surface area contributed by atoms with Crippen LogP contribution >= 0.6 is 0 Å². The molecule has 1 aliphatic rings. The van der Waals surface area contributed by atoms with Gasteiger partial charge in [0.2, 0.25) is 15.9 Å². The van der Waals surface area contributed by atoms with E-state index in [-0.39, 0.29) is 11.8 Å². The van der Waals surface area contributed by atoms with Gasteiger partial charge < -0.3 is 5.32 Å². The third-order valence-corrected chi connectivity index (χ3v) is 4.76. The maximum absolute atomic E-state index is 12.1. The van der Waals surface area contributed by atoms with Crippen LogP contribution in [0.5, 0.6) is 0 Å². The van der Waals surface area contributed by atoms with Gasteiger partial charge in [0, 0.05) is 36.6 Å². The summed E-state index contributed by atoms with van der Waals surface area (Å²) < 4.78 is 24.2. The molecule has 0 bridgehead atoms. The molecule has 6 nitrogen and oxygen atoms in total. The number of sulfonamides is 1. The Balaban J connectivity index is 1.92. The van der Waals surface area contributed by atoms with Crippen molar-refractivity contribution in [3.05, 3.63) is 24.0 Å². The molecule has 1 fully saturated rings. The first-order valence-electron chi connectivity index (χ1n) is 6.55. The van der Waals surface area contributed by atoms with Crippen molar-refractivity contribution in [2.45, 2.75) is 19.8 Å². The van der Waals surface area contributed by atoms with Crippen molar-refractivity contribution in [2.75, 3.05) is 24.7 Å². The second-order valence-corrected chi connectivity index (χ2v) is 7.09. The van der Waals surface area contributed by atoms with E-state index >= 15 is 0 Å². The minimum atomic E-state index is -3.15. The molecule has 110 valence electrons. The molecule has 2 heterocycles. The summed E-state index contributed by atoms with van der Waals surface area (Å²) in [6.45, 7) is 2.68. The molecule has 1 aliphatic heterocycles. The molecule has 7 heteroatoms. The molecule has 20 heavy (non-hydrogen) atoms. The molecule has 1 N–H and O–H groups in total. The highest BCUT2D eigenvalue weighted by Crippen LogP contribution is 2.21. The molecule has 0 aromatic carbocycles. The van der Waals surface area contributed by atoms with Crippen LogP contribution < -0.4 is 5.32 Å². The molecule has 2 rings (SSSR count). The topological polar surface area (TPSA) is 79.4 Å².